The van der Waals surface area contributed by atoms with Gasteiger partial charge < -0.3 is 4.74 Å². The average molecular weight is 457 g/mol. The topological polar surface area (TPSA) is 79.5 Å². The molecule has 0 aliphatic carbocycles. The van der Waals surface area contributed by atoms with Gasteiger partial charge in [-0.25, -0.2) is 0 Å². The van der Waals surface area contributed by atoms with E-state index in [0.717, 1.165) is 10.0 Å². The third-order valence-corrected chi connectivity index (χ3v) is 4.49. The summed E-state index contributed by atoms with van der Waals surface area (Å²) in [4.78, 5) is 23.7. The Hall–Kier alpha value is -2.16. The molecule has 3 N–H and O–H groups in total. The van der Waals surface area contributed by atoms with E-state index >= 15 is 0 Å². The standard InChI is InChI=1S/C17H15BrClN3O3S/c1-10-8-13(6-7-14(10)18)25-9-15(23)21-22-17(26)20-16(24)11-2-4-12(19)5-3-11/h2-8H,9H2,1H3,(H,21,23)(H2,20,22,24,26). The summed E-state index contributed by atoms with van der Waals surface area (Å²) in [5.41, 5.74) is 6.16. The van der Waals surface area contributed by atoms with Crippen LogP contribution in [-0.4, -0.2) is 23.5 Å². The van der Waals surface area contributed by atoms with E-state index in [9.17, 15) is 9.59 Å². The molecule has 2 aromatic carbocycles. The van der Waals surface area contributed by atoms with E-state index in [-0.39, 0.29) is 11.7 Å². The Bertz CT molecular complexity index is 831. The molecule has 0 aromatic heterocycles. The minimum Gasteiger partial charge on any atom is -0.484 e. The highest BCUT2D eigenvalue weighted by atomic mass is 79.9. The minimum atomic E-state index is -0.450. The van der Waals surface area contributed by atoms with Crippen molar-refractivity contribution >= 4 is 56.7 Å². The van der Waals surface area contributed by atoms with Gasteiger partial charge in [0.25, 0.3) is 11.8 Å². The molecule has 2 aromatic rings. The molecule has 0 saturated heterocycles. The van der Waals surface area contributed by atoms with Crippen LogP contribution < -0.4 is 20.9 Å². The Morgan fingerprint density at radius 2 is 1.85 bits per heavy atom. The largest absolute Gasteiger partial charge is 0.484 e. The number of ether oxygens (including phenoxy) is 1. The predicted molar refractivity (Wildman–Crippen MR) is 107 cm³/mol. The molecule has 0 saturated carbocycles. The molecule has 26 heavy (non-hydrogen) atoms. The number of hydrazine groups is 1. The summed E-state index contributed by atoms with van der Waals surface area (Å²) in [5, 5.41) is 2.92. The summed E-state index contributed by atoms with van der Waals surface area (Å²) in [6, 6.07) is 11.7. The van der Waals surface area contributed by atoms with Gasteiger partial charge in [0.1, 0.15) is 5.75 Å². The van der Waals surface area contributed by atoms with Crippen molar-refractivity contribution in [3.63, 3.8) is 0 Å². The number of hydrogen-bond acceptors (Lipinski definition) is 4. The van der Waals surface area contributed by atoms with E-state index in [1.807, 2.05) is 19.1 Å². The van der Waals surface area contributed by atoms with E-state index in [0.29, 0.717) is 16.3 Å². The molecule has 0 aliphatic rings. The van der Waals surface area contributed by atoms with Crippen LogP contribution in [0, 0.1) is 6.92 Å². The molecule has 0 radical (unpaired) electrons. The zero-order valence-corrected chi connectivity index (χ0v) is 16.8. The number of thiocarbonyl (C=S) groups is 1. The second-order valence-corrected chi connectivity index (χ2v) is 6.86. The first-order valence-corrected chi connectivity index (χ1v) is 8.98. The minimum absolute atomic E-state index is 0.0437. The quantitative estimate of drug-likeness (QED) is 0.487. The number of benzene rings is 2. The maximum atomic E-state index is 12.0. The number of carbonyl (C=O) groups excluding carboxylic acids is 2. The van der Waals surface area contributed by atoms with Crippen molar-refractivity contribution in [2.24, 2.45) is 0 Å². The van der Waals surface area contributed by atoms with Crippen LogP contribution in [0.2, 0.25) is 5.02 Å². The fourth-order valence-electron chi connectivity index (χ4n) is 1.83. The molecule has 0 aliphatic heterocycles. The molecule has 0 heterocycles. The van der Waals surface area contributed by atoms with Crippen LogP contribution in [0.25, 0.3) is 0 Å². The predicted octanol–water partition coefficient (Wildman–Crippen LogP) is 3.13. The summed E-state index contributed by atoms with van der Waals surface area (Å²) in [5.74, 6) is -0.303. The van der Waals surface area contributed by atoms with Crippen molar-refractivity contribution in [1.82, 2.24) is 16.2 Å². The number of halogens is 2. The van der Waals surface area contributed by atoms with Gasteiger partial charge in [-0.1, -0.05) is 27.5 Å². The highest BCUT2D eigenvalue weighted by Crippen LogP contribution is 2.21. The van der Waals surface area contributed by atoms with Gasteiger partial charge in [-0.2, -0.15) is 0 Å². The van der Waals surface area contributed by atoms with Gasteiger partial charge in [-0.3, -0.25) is 25.8 Å². The first kappa shape index (κ1) is 20.2. The maximum Gasteiger partial charge on any atom is 0.276 e. The summed E-state index contributed by atoms with van der Waals surface area (Å²) in [7, 11) is 0. The molecule has 0 fully saturated rings. The van der Waals surface area contributed by atoms with Crippen molar-refractivity contribution in [2.75, 3.05) is 6.61 Å². The number of rotatable bonds is 4. The first-order valence-electron chi connectivity index (χ1n) is 7.40. The number of amides is 2. The van der Waals surface area contributed by atoms with E-state index < -0.39 is 11.8 Å². The summed E-state index contributed by atoms with van der Waals surface area (Å²) in [6.07, 6.45) is 0. The SMILES string of the molecule is Cc1cc(OCC(=O)NNC(=S)NC(=O)c2ccc(Cl)cc2)ccc1Br. The summed E-state index contributed by atoms with van der Waals surface area (Å²) >= 11 is 14.1. The van der Waals surface area contributed by atoms with Gasteiger partial charge in [0, 0.05) is 15.1 Å². The highest BCUT2D eigenvalue weighted by Gasteiger charge is 2.09. The van der Waals surface area contributed by atoms with Crippen LogP contribution in [0.15, 0.2) is 46.9 Å². The Balaban J connectivity index is 1.74. The fraction of sp³-hybridized carbons (Fsp3) is 0.118. The maximum absolute atomic E-state index is 12.0. The molecule has 2 rings (SSSR count). The summed E-state index contributed by atoms with van der Waals surface area (Å²) < 4.78 is 6.34. The average Bonchev–Trinajstić information content (AvgIpc) is 2.61. The van der Waals surface area contributed by atoms with Gasteiger partial charge in [0.05, 0.1) is 0 Å². The van der Waals surface area contributed by atoms with Gasteiger partial charge in [0.15, 0.2) is 11.7 Å². The zero-order chi connectivity index (χ0) is 19.1. The van der Waals surface area contributed by atoms with Crippen molar-refractivity contribution < 1.29 is 14.3 Å². The van der Waals surface area contributed by atoms with E-state index in [1.54, 1.807) is 30.3 Å². The number of aryl methyl sites for hydroxylation is 1. The fourth-order valence-corrected chi connectivity index (χ4v) is 2.34. The van der Waals surface area contributed by atoms with E-state index in [4.69, 9.17) is 28.6 Å². The second-order valence-electron chi connectivity index (χ2n) is 5.16. The van der Waals surface area contributed by atoms with Crippen LogP contribution in [0.5, 0.6) is 5.75 Å². The third kappa shape index (κ3) is 6.29. The Labute approximate surface area is 169 Å². The van der Waals surface area contributed by atoms with Gasteiger partial charge >= 0.3 is 0 Å². The molecular formula is C17H15BrClN3O3S. The lowest BCUT2D eigenvalue weighted by molar-refractivity contribution is -0.123. The molecule has 9 heteroatoms. The van der Waals surface area contributed by atoms with Crippen LogP contribution in [0.3, 0.4) is 0 Å². The van der Waals surface area contributed by atoms with E-state index in [2.05, 4.69) is 32.1 Å². The molecule has 0 spiro atoms. The van der Waals surface area contributed by atoms with Gasteiger partial charge in [0.2, 0.25) is 0 Å². The van der Waals surface area contributed by atoms with Gasteiger partial charge in [-0.15, -0.1) is 0 Å². The third-order valence-electron chi connectivity index (χ3n) is 3.15. The lowest BCUT2D eigenvalue weighted by Gasteiger charge is -2.12. The Morgan fingerprint density at radius 1 is 1.15 bits per heavy atom. The number of carbonyl (C=O) groups is 2. The molecular weight excluding hydrogens is 442 g/mol. The van der Waals surface area contributed by atoms with Crippen LogP contribution in [0.4, 0.5) is 0 Å². The van der Waals surface area contributed by atoms with Gasteiger partial charge in [-0.05, 0) is 67.2 Å². The molecule has 0 bridgehead atoms. The highest BCUT2D eigenvalue weighted by molar-refractivity contribution is 9.10. The van der Waals surface area contributed by atoms with Crippen molar-refractivity contribution in [3.8, 4) is 5.75 Å². The second kappa shape index (κ2) is 9.51. The van der Waals surface area contributed by atoms with Crippen LogP contribution >= 0.6 is 39.7 Å². The normalized spacial score (nSPS) is 9.96. The summed E-state index contributed by atoms with van der Waals surface area (Å²) in [6.45, 7) is 1.71. The zero-order valence-electron chi connectivity index (χ0n) is 13.6. The molecule has 2 amide bonds. The number of nitrogens with one attached hydrogen (secondary N) is 3. The molecule has 6 nitrogen and oxygen atoms in total. The molecule has 0 unspecified atom stereocenters. The Morgan fingerprint density at radius 3 is 2.50 bits per heavy atom. The smallest absolute Gasteiger partial charge is 0.276 e. The van der Waals surface area contributed by atoms with Crippen molar-refractivity contribution in [1.29, 1.82) is 0 Å². The molecule has 136 valence electrons. The monoisotopic (exact) mass is 455 g/mol. The van der Waals surface area contributed by atoms with E-state index in [1.165, 1.54) is 0 Å². The first-order chi connectivity index (χ1) is 12.3. The molecule has 0 atom stereocenters. The van der Waals surface area contributed by atoms with Crippen molar-refractivity contribution in [2.45, 2.75) is 6.92 Å². The Kier molecular flexibility index (Phi) is 7.38. The lowest BCUT2D eigenvalue weighted by atomic mass is 10.2. The lowest BCUT2D eigenvalue weighted by Crippen LogP contribution is -2.49. The van der Waals surface area contributed by atoms with Crippen molar-refractivity contribution in [3.05, 3.63) is 63.1 Å². The number of hydrogen-bond donors (Lipinski definition) is 3. The van der Waals surface area contributed by atoms with Crippen LogP contribution in [0.1, 0.15) is 15.9 Å². The van der Waals surface area contributed by atoms with Crippen LogP contribution in [-0.2, 0) is 4.79 Å².